The first-order chi connectivity index (χ1) is 15.5. The van der Waals surface area contributed by atoms with E-state index < -0.39 is 18.2 Å². The Balaban J connectivity index is 1.53. The smallest absolute Gasteiger partial charge is 0.165 e. The summed E-state index contributed by atoms with van der Waals surface area (Å²) in [6.07, 6.45) is 3.47. The average molecular weight is 432 g/mol. The highest BCUT2D eigenvalue weighted by molar-refractivity contribution is 5.83. The number of ether oxygens (including phenoxy) is 1. The van der Waals surface area contributed by atoms with Gasteiger partial charge in [0, 0.05) is 0 Å². The number of aryl methyl sites for hydroxylation is 1. The molecule has 0 amide bonds. The van der Waals surface area contributed by atoms with Crippen molar-refractivity contribution in [2.75, 3.05) is 7.11 Å². The third-order valence-corrected chi connectivity index (χ3v) is 5.57. The fraction of sp³-hybridized carbons (Fsp3) is 0.143. The minimum Gasteiger partial charge on any atom is -0.494 e. The van der Waals surface area contributed by atoms with Gasteiger partial charge in [0.25, 0.3) is 0 Å². The summed E-state index contributed by atoms with van der Waals surface area (Å²) < 4.78 is 48.6. The lowest BCUT2D eigenvalue weighted by Gasteiger charge is -2.24. The molecule has 0 N–H and O–H groups in total. The van der Waals surface area contributed by atoms with Crippen molar-refractivity contribution in [1.82, 2.24) is 0 Å². The van der Waals surface area contributed by atoms with Crippen LogP contribution < -0.4 is 4.74 Å². The van der Waals surface area contributed by atoms with E-state index in [4.69, 9.17) is 4.74 Å². The summed E-state index contributed by atoms with van der Waals surface area (Å²) in [5.41, 5.74) is 4.63. The van der Waals surface area contributed by atoms with Gasteiger partial charge >= 0.3 is 0 Å². The summed E-state index contributed by atoms with van der Waals surface area (Å²) in [4.78, 5) is 0. The molecule has 1 aliphatic rings. The van der Waals surface area contributed by atoms with Crippen molar-refractivity contribution in [3.05, 3.63) is 113 Å². The third-order valence-electron chi connectivity index (χ3n) is 5.57. The molecular weight excluding hydrogens is 409 g/mol. The van der Waals surface area contributed by atoms with Gasteiger partial charge in [-0.2, -0.15) is 0 Å². The highest BCUT2D eigenvalue weighted by Crippen LogP contribution is 2.36. The predicted octanol–water partition coefficient (Wildman–Crippen LogP) is 7.47. The van der Waals surface area contributed by atoms with Crippen LogP contribution in [0, 0.1) is 12.7 Å². The molecule has 4 heteroatoms. The van der Waals surface area contributed by atoms with E-state index in [1.165, 1.54) is 13.2 Å². The number of hydrogen-bond donors (Lipinski definition) is 0. The van der Waals surface area contributed by atoms with Crippen LogP contribution >= 0.6 is 0 Å². The molecular formula is C28H23F3O. The molecule has 0 radical (unpaired) electrons. The average Bonchev–Trinajstić information content (AvgIpc) is 2.81. The molecule has 0 saturated carbocycles. The molecule has 0 saturated heterocycles. The van der Waals surface area contributed by atoms with Gasteiger partial charge in [-0.05, 0) is 52.5 Å². The number of hydrogen-bond acceptors (Lipinski definition) is 1. The molecule has 162 valence electrons. The molecule has 0 bridgehead atoms. The van der Waals surface area contributed by atoms with Crippen molar-refractivity contribution >= 4 is 23.3 Å². The Kier molecular flexibility index (Phi) is 6.31. The van der Waals surface area contributed by atoms with E-state index >= 15 is 0 Å². The molecule has 1 aliphatic carbocycles. The quantitative estimate of drug-likeness (QED) is 0.380. The van der Waals surface area contributed by atoms with Gasteiger partial charge in [-0.1, -0.05) is 84.5 Å². The highest BCUT2D eigenvalue weighted by atomic mass is 19.2. The second kappa shape index (κ2) is 9.31. The number of alkyl halides is 2. The summed E-state index contributed by atoms with van der Waals surface area (Å²) in [5, 5.41) is 0. The zero-order chi connectivity index (χ0) is 22.7. The zero-order valence-electron chi connectivity index (χ0n) is 17.9. The van der Waals surface area contributed by atoms with Crippen molar-refractivity contribution < 1.29 is 17.9 Å². The molecule has 0 aromatic heterocycles. The van der Waals surface area contributed by atoms with Crippen LogP contribution in [0.25, 0.3) is 23.3 Å². The lowest BCUT2D eigenvalue weighted by Crippen LogP contribution is -2.23. The number of allylic oxidation sites excluding steroid dienone is 4. The van der Waals surface area contributed by atoms with Crippen LogP contribution in [-0.2, 0) is 0 Å². The topological polar surface area (TPSA) is 9.23 Å². The first-order valence-electron chi connectivity index (χ1n) is 10.4. The van der Waals surface area contributed by atoms with E-state index in [1.54, 1.807) is 42.5 Å². The Labute approximate surface area is 186 Å². The molecule has 0 aliphatic heterocycles. The van der Waals surface area contributed by atoms with Crippen LogP contribution in [0.2, 0.25) is 0 Å². The first-order valence-corrected chi connectivity index (χ1v) is 10.4. The molecule has 0 fully saturated rings. The third kappa shape index (κ3) is 4.54. The van der Waals surface area contributed by atoms with Gasteiger partial charge in [-0.3, -0.25) is 0 Å². The molecule has 0 spiro atoms. The monoisotopic (exact) mass is 432 g/mol. The van der Waals surface area contributed by atoms with Crippen LogP contribution in [0.4, 0.5) is 13.2 Å². The van der Waals surface area contributed by atoms with E-state index in [-0.39, 0.29) is 5.75 Å². The minimum absolute atomic E-state index is 0.193. The van der Waals surface area contributed by atoms with Gasteiger partial charge in [-0.25, -0.2) is 13.2 Å². The lowest BCUT2D eigenvalue weighted by atomic mass is 9.87. The maximum Gasteiger partial charge on any atom is 0.165 e. The zero-order valence-corrected chi connectivity index (χ0v) is 17.9. The van der Waals surface area contributed by atoms with Crippen LogP contribution in [0.3, 0.4) is 0 Å². The Bertz CT molecular complexity index is 1190. The van der Waals surface area contributed by atoms with E-state index in [0.29, 0.717) is 27.8 Å². The van der Waals surface area contributed by atoms with Crippen LogP contribution in [0.5, 0.6) is 5.75 Å². The SMILES string of the molecule is COc1ccc(/C=C/c2ccc(C3=CC=C(c4ccc(C)cc4)C(F)C3F)cc2)cc1F. The molecule has 0 heterocycles. The molecule has 3 aromatic rings. The second-order valence-corrected chi connectivity index (χ2v) is 7.76. The number of benzene rings is 3. The Morgan fingerprint density at radius 2 is 1.22 bits per heavy atom. The van der Waals surface area contributed by atoms with Gasteiger partial charge in [0.15, 0.2) is 23.9 Å². The summed E-state index contributed by atoms with van der Waals surface area (Å²) in [5.74, 6) is -0.235. The summed E-state index contributed by atoms with van der Waals surface area (Å²) in [6.45, 7) is 1.95. The van der Waals surface area contributed by atoms with Crippen molar-refractivity contribution in [3.8, 4) is 5.75 Å². The van der Waals surface area contributed by atoms with E-state index in [2.05, 4.69) is 0 Å². The molecule has 4 rings (SSSR count). The Morgan fingerprint density at radius 1 is 0.719 bits per heavy atom. The number of halogens is 3. The van der Waals surface area contributed by atoms with E-state index in [0.717, 1.165) is 11.1 Å². The van der Waals surface area contributed by atoms with Gasteiger partial charge < -0.3 is 4.74 Å². The normalized spacial score (nSPS) is 18.4. The van der Waals surface area contributed by atoms with Gasteiger partial charge in [0.2, 0.25) is 0 Å². The van der Waals surface area contributed by atoms with Crippen molar-refractivity contribution in [3.63, 3.8) is 0 Å². The van der Waals surface area contributed by atoms with Crippen LogP contribution in [-0.4, -0.2) is 19.5 Å². The predicted molar refractivity (Wildman–Crippen MR) is 125 cm³/mol. The van der Waals surface area contributed by atoms with Crippen molar-refractivity contribution in [2.24, 2.45) is 0 Å². The minimum atomic E-state index is -1.74. The fourth-order valence-electron chi connectivity index (χ4n) is 3.70. The summed E-state index contributed by atoms with van der Waals surface area (Å²) >= 11 is 0. The lowest BCUT2D eigenvalue weighted by molar-refractivity contribution is 0.262. The Hall–Kier alpha value is -3.53. The molecule has 1 nitrogen and oxygen atoms in total. The van der Waals surface area contributed by atoms with Crippen LogP contribution in [0.1, 0.15) is 27.8 Å². The van der Waals surface area contributed by atoms with Gasteiger partial charge in [-0.15, -0.1) is 0 Å². The largest absolute Gasteiger partial charge is 0.494 e. The molecule has 3 aromatic carbocycles. The van der Waals surface area contributed by atoms with Gasteiger partial charge in [0.05, 0.1) is 7.11 Å². The molecule has 2 atom stereocenters. The highest BCUT2D eigenvalue weighted by Gasteiger charge is 2.31. The van der Waals surface area contributed by atoms with E-state index in [9.17, 15) is 13.2 Å². The standard InChI is InChI=1S/C28H23F3O/c1-18-3-10-21(11-4-18)23-14-15-24(28(31)27(23)30)22-12-7-19(8-13-22)5-6-20-9-16-26(32-2)25(29)17-20/h3-17,27-28H,1-2H3/b6-5+. The fourth-order valence-corrected chi connectivity index (χ4v) is 3.70. The molecule has 2 unspecified atom stereocenters. The van der Waals surface area contributed by atoms with Crippen molar-refractivity contribution in [2.45, 2.75) is 19.3 Å². The first kappa shape index (κ1) is 21.7. The summed E-state index contributed by atoms with van der Waals surface area (Å²) in [7, 11) is 1.42. The maximum absolute atomic E-state index is 15.0. The van der Waals surface area contributed by atoms with E-state index in [1.807, 2.05) is 49.4 Å². The number of rotatable bonds is 5. The second-order valence-electron chi connectivity index (χ2n) is 7.76. The van der Waals surface area contributed by atoms with Gasteiger partial charge in [0.1, 0.15) is 0 Å². The molecule has 32 heavy (non-hydrogen) atoms. The number of methoxy groups -OCH3 is 1. The van der Waals surface area contributed by atoms with Crippen molar-refractivity contribution in [1.29, 1.82) is 0 Å². The summed E-state index contributed by atoms with van der Waals surface area (Å²) in [6, 6.07) is 19.3. The maximum atomic E-state index is 15.0. The van der Waals surface area contributed by atoms with Crippen LogP contribution in [0.15, 0.2) is 78.9 Å². The Morgan fingerprint density at radius 3 is 1.75 bits per heavy atom.